The maximum atomic E-state index is 12.6. The van der Waals surface area contributed by atoms with Gasteiger partial charge in [0, 0.05) is 32.1 Å². The number of carbonyl (C=O) groups excluding carboxylic acids is 1. The molecule has 2 saturated heterocycles. The third-order valence-corrected chi connectivity index (χ3v) is 5.52. The highest BCUT2D eigenvalue weighted by Gasteiger charge is 2.39. The molecule has 0 spiro atoms. The molecule has 0 aliphatic carbocycles. The maximum Gasteiger partial charge on any atom is 0.292 e. The van der Waals surface area contributed by atoms with Crippen LogP contribution in [0.3, 0.4) is 0 Å². The lowest BCUT2D eigenvalue weighted by Gasteiger charge is -2.42. The van der Waals surface area contributed by atoms with Gasteiger partial charge in [0.15, 0.2) is 0 Å². The third-order valence-electron chi connectivity index (χ3n) is 5.52. The average Bonchev–Trinajstić information content (AvgIpc) is 3.19. The Hall–Kier alpha value is -2.38. The van der Waals surface area contributed by atoms with Gasteiger partial charge in [0.2, 0.25) is 5.76 Å². The molecule has 4 rings (SSSR count). The monoisotopic (exact) mass is 385 g/mol. The normalized spacial score (nSPS) is 18.5. The standard InChI is InChI=1S/C21H27N3O4/c1-26-18-7-5-16(6-8-18)13-22-21(14-27-15-21)12-17-11-19(28-23-17)20(25)24-9-3-2-4-10-24/h5-8,11,22H,2-4,9-10,12-15H2,1H3. The molecule has 0 bridgehead atoms. The van der Waals surface area contributed by atoms with Crippen LogP contribution in [0.1, 0.15) is 41.1 Å². The van der Waals surface area contributed by atoms with Gasteiger partial charge in [-0.25, -0.2) is 0 Å². The summed E-state index contributed by atoms with van der Waals surface area (Å²) in [6, 6.07) is 9.79. The fourth-order valence-electron chi connectivity index (χ4n) is 3.74. The van der Waals surface area contributed by atoms with Gasteiger partial charge < -0.3 is 24.2 Å². The summed E-state index contributed by atoms with van der Waals surface area (Å²) in [6.07, 6.45) is 3.97. The first-order valence-electron chi connectivity index (χ1n) is 9.88. The van der Waals surface area contributed by atoms with Crippen LogP contribution in [-0.4, -0.2) is 54.9 Å². The molecular formula is C21H27N3O4. The lowest BCUT2D eigenvalue weighted by atomic mass is 9.90. The molecule has 3 heterocycles. The Kier molecular flexibility index (Phi) is 5.64. The zero-order chi connectivity index (χ0) is 19.4. The number of nitrogens with one attached hydrogen (secondary N) is 1. The molecule has 28 heavy (non-hydrogen) atoms. The second-order valence-electron chi connectivity index (χ2n) is 7.69. The van der Waals surface area contributed by atoms with Crippen molar-refractivity contribution in [3.05, 3.63) is 47.3 Å². The molecule has 1 aromatic carbocycles. The highest BCUT2D eigenvalue weighted by molar-refractivity contribution is 5.91. The number of methoxy groups -OCH3 is 1. The number of amides is 1. The van der Waals surface area contributed by atoms with Gasteiger partial charge in [-0.1, -0.05) is 17.3 Å². The van der Waals surface area contributed by atoms with Crippen molar-refractivity contribution < 1.29 is 18.8 Å². The van der Waals surface area contributed by atoms with Crippen molar-refractivity contribution in [2.24, 2.45) is 0 Å². The second kappa shape index (κ2) is 8.32. The number of likely N-dealkylation sites (tertiary alicyclic amines) is 1. The summed E-state index contributed by atoms with van der Waals surface area (Å²) in [6.45, 7) is 3.56. The van der Waals surface area contributed by atoms with E-state index in [-0.39, 0.29) is 11.4 Å². The Labute approximate surface area is 165 Å². The van der Waals surface area contributed by atoms with Gasteiger partial charge >= 0.3 is 0 Å². The number of benzene rings is 1. The lowest BCUT2D eigenvalue weighted by molar-refractivity contribution is -0.0755. The van der Waals surface area contributed by atoms with E-state index in [1.54, 1.807) is 13.2 Å². The SMILES string of the molecule is COc1ccc(CNC2(Cc3cc(C(=O)N4CCCCC4)on3)COC2)cc1. The first-order valence-corrected chi connectivity index (χ1v) is 9.88. The van der Waals surface area contributed by atoms with Crippen molar-refractivity contribution in [1.29, 1.82) is 0 Å². The Morgan fingerprint density at radius 2 is 1.96 bits per heavy atom. The Balaban J connectivity index is 1.36. The fraction of sp³-hybridized carbons (Fsp3) is 0.524. The molecule has 0 unspecified atom stereocenters. The van der Waals surface area contributed by atoms with Crippen molar-refractivity contribution in [2.75, 3.05) is 33.4 Å². The van der Waals surface area contributed by atoms with Crippen molar-refractivity contribution in [1.82, 2.24) is 15.4 Å². The van der Waals surface area contributed by atoms with E-state index in [0.29, 0.717) is 25.4 Å². The number of aromatic nitrogens is 1. The van der Waals surface area contributed by atoms with Crippen LogP contribution in [-0.2, 0) is 17.7 Å². The van der Waals surface area contributed by atoms with Crippen LogP contribution in [0.5, 0.6) is 5.75 Å². The van der Waals surface area contributed by atoms with E-state index >= 15 is 0 Å². The minimum Gasteiger partial charge on any atom is -0.497 e. The minimum absolute atomic E-state index is 0.0523. The van der Waals surface area contributed by atoms with E-state index in [0.717, 1.165) is 43.9 Å². The zero-order valence-electron chi connectivity index (χ0n) is 16.3. The molecule has 0 atom stereocenters. The highest BCUT2D eigenvalue weighted by atomic mass is 16.5. The topological polar surface area (TPSA) is 76.8 Å². The molecular weight excluding hydrogens is 358 g/mol. The average molecular weight is 385 g/mol. The summed E-state index contributed by atoms with van der Waals surface area (Å²) in [5.41, 5.74) is 1.78. The Morgan fingerprint density at radius 3 is 2.61 bits per heavy atom. The van der Waals surface area contributed by atoms with Crippen molar-refractivity contribution in [3.8, 4) is 5.75 Å². The van der Waals surface area contributed by atoms with Crippen LogP contribution in [0.25, 0.3) is 0 Å². The third kappa shape index (κ3) is 4.20. The molecule has 2 aromatic rings. The first kappa shape index (κ1) is 19.0. The molecule has 1 N–H and O–H groups in total. The summed E-state index contributed by atoms with van der Waals surface area (Å²) in [5.74, 6) is 1.13. The molecule has 7 heteroatoms. The number of nitrogens with zero attached hydrogens (tertiary/aromatic N) is 2. The van der Waals surface area contributed by atoms with Crippen LogP contribution in [0.15, 0.2) is 34.9 Å². The van der Waals surface area contributed by atoms with Crippen molar-refractivity contribution in [2.45, 2.75) is 37.8 Å². The number of ether oxygens (including phenoxy) is 2. The van der Waals surface area contributed by atoms with Gasteiger partial charge in [-0.3, -0.25) is 4.79 Å². The molecule has 0 saturated carbocycles. The van der Waals surface area contributed by atoms with Gasteiger partial charge in [0.05, 0.1) is 31.6 Å². The molecule has 2 aliphatic rings. The van der Waals surface area contributed by atoms with Crippen LogP contribution < -0.4 is 10.1 Å². The van der Waals surface area contributed by atoms with E-state index in [9.17, 15) is 4.79 Å². The van der Waals surface area contributed by atoms with Gasteiger partial charge in [-0.05, 0) is 37.0 Å². The molecule has 7 nitrogen and oxygen atoms in total. The van der Waals surface area contributed by atoms with E-state index in [1.165, 1.54) is 12.0 Å². The molecule has 2 aliphatic heterocycles. The first-order chi connectivity index (χ1) is 13.7. The molecule has 2 fully saturated rings. The maximum absolute atomic E-state index is 12.6. The van der Waals surface area contributed by atoms with Crippen LogP contribution in [0, 0.1) is 0 Å². The highest BCUT2D eigenvalue weighted by Crippen LogP contribution is 2.24. The summed E-state index contributed by atoms with van der Waals surface area (Å²) in [4.78, 5) is 14.4. The van der Waals surface area contributed by atoms with Crippen LogP contribution in [0.4, 0.5) is 0 Å². The predicted molar refractivity (Wildman–Crippen MR) is 103 cm³/mol. The van der Waals surface area contributed by atoms with Gasteiger partial charge in [-0.2, -0.15) is 0 Å². The van der Waals surface area contributed by atoms with E-state index < -0.39 is 0 Å². The second-order valence-corrected chi connectivity index (χ2v) is 7.69. The largest absolute Gasteiger partial charge is 0.497 e. The number of hydrogen-bond acceptors (Lipinski definition) is 6. The molecule has 1 aromatic heterocycles. The zero-order valence-corrected chi connectivity index (χ0v) is 16.3. The molecule has 150 valence electrons. The van der Waals surface area contributed by atoms with Crippen molar-refractivity contribution in [3.63, 3.8) is 0 Å². The number of rotatable bonds is 7. The minimum atomic E-state index is -0.178. The van der Waals surface area contributed by atoms with E-state index in [2.05, 4.69) is 10.5 Å². The molecule has 0 radical (unpaired) electrons. The van der Waals surface area contributed by atoms with E-state index in [1.807, 2.05) is 29.2 Å². The number of carbonyl (C=O) groups is 1. The van der Waals surface area contributed by atoms with Gasteiger partial charge in [0.25, 0.3) is 5.91 Å². The van der Waals surface area contributed by atoms with Crippen LogP contribution in [0.2, 0.25) is 0 Å². The summed E-state index contributed by atoms with van der Waals surface area (Å²) < 4.78 is 16.0. The Morgan fingerprint density at radius 1 is 1.21 bits per heavy atom. The number of piperidine rings is 1. The Bertz CT molecular complexity index is 792. The quantitative estimate of drug-likeness (QED) is 0.789. The van der Waals surface area contributed by atoms with Gasteiger partial charge in [0.1, 0.15) is 5.75 Å². The smallest absolute Gasteiger partial charge is 0.292 e. The van der Waals surface area contributed by atoms with Crippen LogP contribution >= 0.6 is 0 Å². The summed E-state index contributed by atoms with van der Waals surface area (Å²) in [5, 5.41) is 7.74. The van der Waals surface area contributed by atoms with E-state index in [4.69, 9.17) is 14.0 Å². The van der Waals surface area contributed by atoms with Gasteiger partial charge in [-0.15, -0.1) is 0 Å². The fourth-order valence-corrected chi connectivity index (χ4v) is 3.74. The van der Waals surface area contributed by atoms with Crippen molar-refractivity contribution >= 4 is 5.91 Å². The summed E-state index contributed by atoms with van der Waals surface area (Å²) in [7, 11) is 1.66. The molecule has 1 amide bonds. The summed E-state index contributed by atoms with van der Waals surface area (Å²) >= 11 is 0. The lowest BCUT2D eigenvalue weighted by Crippen LogP contribution is -2.61. The number of hydrogen-bond donors (Lipinski definition) is 1. The predicted octanol–water partition coefficient (Wildman–Crippen LogP) is 2.41.